The van der Waals surface area contributed by atoms with Gasteiger partial charge in [-0.3, -0.25) is 0 Å². The van der Waals surface area contributed by atoms with Crippen LogP contribution in [0.2, 0.25) is 0 Å². The monoisotopic (exact) mass is 286 g/mol. The molecule has 0 aliphatic rings. The minimum absolute atomic E-state index is 0.567. The number of halogens is 1. The van der Waals surface area contributed by atoms with Gasteiger partial charge in [0.25, 0.3) is 0 Å². The number of rotatable bonds is 6. The Morgan fingerprint density at radius 1 is 1.31 bits per heavy atom. The standard InChI is InChI=1S/C13H19BrO2/c1-4-10(2)9-16-13-7-11(8-14)5-6-12(13)15-3/h5-7,10H,4,8-9H2,1-3H3. The van der Waals surface area contributed by atoms with Crippen molar-refractivity contribution in [3.63, 3.8) is 0 Å². The lowest BCUT2D eigenvalue weighted by Gasteiger charge is -2.14. The molecule has 0 aliphatic heterocycles. The van der Waals surface area contributed by atoms with Crippen LogP contribution in [0.3, 0.4) is 0 Å². The third kappa shape index (κ3) is 3.71. The topological polar surface area (TPSA) is 18.5 Å². The Bertz CT molecular complexity index is 326. The van der Waals surface area contributed by atoms with Gasteiger partial charge in [0.2, 0.25) is 0 Å². The number of alkyl halides is 1. The smallest absolute Gasteiger partial charge is 0.161 e. The van der Waals surface area contributed by atoms with Crippen LogP contribution in [0.5, 0.6) is 11.5 Å². The average molecular weight is 287 g/mol. The Kier molecular flexibility index (Phi) is 5.67. The van der Waals surface area contributed by atoms with E-state index in [1.54, 1.807) is 7.11 Å². The molecule has 0 radical (unpaired) electrons. The number of hydrogen-bond acceptors (Lipinski definition) is 2. The van der Waals surface area contributed by atoms with Gasteiger partial charge in [0.15, 0.2) is 11.5 Å². The summed E-state index contributed by atoms with van der Waals surface area (Å²) in [5, 5.41) is 0.830. The van der Waals surface area contributed by atoms with Crippen LogP contribution in [0.25, 0.3) is 0 Å². The molecule has 0 fully saturated rings. The molecule has 0 saturated carbocycles. The third-order valence-electron chi connectivity index (χ3n) is 2.60. The maximum Gasteiger partial charge on any atom is 0.161 e. The fraction of sp³-hybridized carbons (Fsp3) is 0.538. The van der Waals surface area contributed by atoms with Crippen LogP contribution in [0.15, 0.2) is 18.2 Å². The fourth-order valence-corrected chi connectivity index (χ4v) is 1.62. The van der Waals surface area contributed by atoms with E-state index in [0.717, 1.165) is 29.9 Å². The van der Waals surface area contributed by atoms with Crippen LogP contribution in [-0.2, 0) is 5.33 Å². The van der Waals surface area contributed by atoms with E-state index in [4.69, 9.17) is 9.47 Å². The molecule has 0 N–H and O–H groups in total. The molecule has 3 heteroatoms. The van der Waals surface area contributed by atoms with Crippen LogP contribution < -0.4 is 9.47 Å². The molecule has 0 aliphatic carbocycles. The van der Waals surface area contributed by atoms with Crippen molar-refractivity contribution in [3.05, 3.63) is 23.8 Å². The van der Waals surface area contributed by atoms with E-state index in [-0.39, 0.29) is 0 Å². The van der Waals surface area contributed by atoms with Crippen LogP contribution in [-0.4, -0.2) is 13.7 Å². The van der Waals surface area contributed by atoms with Gasteiger partial charge in [-0.15, -0.1) is 0 Å². The molecule has 16 heavy (non-hydrogen) atoms. The fourth-order valence-electron chi connectivity index (χ4n) is 1.27. The molecular formula is C13H19BrO2. The summed E-state index contributed by atoms with van der Waals surface area (Å²) in [7, 11) is 1.67. The zero-order chi connectivity index (χ0) is 12.0. The molecule has 1 atom stereocenters. The summed E-state index contributed by atoms with van der Waals surface area (Å²) in [4.78, 5) is 0. The van der Waals surface area contributed by atoms with Gasteiger partial charge in [-0.2, -0.15) is 0 Å². The largest absolute Gasteiger partial charge is 0.493 e. The van der Waals surface area contributed by atoms with Gasteiger partial charge in [-0.1, -0.05) is 42.3 Å². The number of ether oxygens (including phenoxy) is 2. The van der Waals surface area contributed by atoms with E-state index in [1.807, 2.05) is 18.2 Å². The normalized spacial score (nSPS) is 12.2. The van der Waals surface area contributed by atoms with Gasteiger partial charge in [0.05, 0.1) is 13.7 Å². The Balaban J connectivity index is 2.75. The first-order valence-electron chi connectivity index (χ1n) is 5.56. The molecule has 0 heterocycles. The Hall–Kier alpha value is -0.700. The lowest BCUT2D eigenvalue weighted by atomic mass is 10.1. The van der Waals surface area contributed by atoms with Crippen molar-refractivity contribution >= 4 is 15.9 Å². The Morgan fingerprint density at radius 2 is 2.06 bits per heavy atom. The molecule has 0 bridgehead atoms. The molecule has 1 aromatic carbocycles. The minimum atomic E-state index is 0.567. The lowest BCUT2D eigenvalue weighted by molar-refractivity contribution is 0.244. The highest BCUT2D eigenvalue weighted by Gasteiger charge is 2.07. The maximum absolute atomic E-state index is 5.78. The van der Waals surface area contributed by atoms with Crippen LogP contribution >= 0.6 is 15.9 Å². The van der Waals surface area contributed by atoms with Gasteiger partial charge in [0, 0.05) is 5.33 Å². The van der Waals surface area contributed by atoms with Crippen LogP contribution in [0, 0.1) is 5.92 Å². The molecule has 1 unspecified atom stereocenters. The molecule has 0 aromatic heterocycles. The first kappa shape index (κ1) is 13.4. The minimum Gasteiger partial charge on any atom is -0.493 e. The van der Waals surface area contributed by atoms with Crippen molar-refractivity contribution in [3.8, 4) is 11.5 Å². The molecule has 0 saturated heterocycles. The average Bonchev–Trinajstić information content (AvgIpc) is 2.35. The second kappa shape index (κ2) is 6.79. The quantitative estimate of drug-likeness (QED) is 0.736. The van der Waals surface area contributed by atoms with Gasteiger partial charge >= 0.3 is 0 Å². The summed E-state index contributed by atoms with van der Waals surface area (Å²) in [5.74, 6) is 2.20. The zero-order valence-electron chi connectivity index (χ0n) is 10.1. The predicted octanol–water partition coefficient (Wildman–Crippen LogP) is 4.02. The Morgan fingerprint density at radius 3 is 2.62 bits per heavy atom. The molecule has 0 spiro atoms. The predicted molar refractivity (Wildman–Crippen MR) is 70.6 cm³/mol. The van der Waals surface area contributed by atoms with Gasteiger partial charge in [-0.05, 0) is 23.6 Å². The van der Waals surface area contributed by atoms with E-state index < -0.39 is 0 Å². The molecule has 0 amide bonds. The summed E-state index contributed by atoms with van der Waals surface area (Å²) in [6, 6.07) is 6.00. The molecule has 1 aromatic rings. The summed E-state index contributed by atoms with van der Waals surface area (Å²) in [6.07, 6.45) is 1.13. The molecular weight excluding hydrogens is 268 g/mol. The van der Waals surface area contributed by atoms with Gasteiger partial charge in [-0.25, -0.2) is 0 Å². The van der Waals surface area contributed by atoms with E-state index >= 15 is 0 Å². The number of benzene rings is 1. The lowest BCUT2D eigenvalue weighted by Crippen LogP contribution is -2.08. The first-order chi connectivity index (χ1) is 7.71. The van der Waals surface area contributed by atoms with E-state index in [1.165, 1.54) is 5.56 Å². The van der Waals surface area contributed by atoms with E-state index in [2.05, 4.69) is 29.8 Å². The highest BCUT2D eigenvalue weighted by molar-refractivity contribution is 9.08. The second-order valence-electron chi connectivity index (χ2n) is 3.94. The van der Waals surface area contributed by atoms with Crippen molar-refractivity contribution in [2.45, 2.75) is 25.6 Å². The summed E-state index contributed by atoms with van der Waals surface area (Å²) in [5.41, 5.74) is 1.19. The van der Waals surface area contributed by atoms with Crippen molar-refractivity contribution in [1.29, 1.82) is 0 Å². The molecule has 2 nitrogen and oxygen atoms in total. The molecule has 90 valence electrons. The van der Waals surface area contributed by atoms with Gasteiger partial charge in [0.1, 0.15) is 0 Å². The van der Waals surface area contributed by atoms with Crippen LogP contribution in [0.1, 0.15) is 25.8 Å². The highest BCUT2D eigenvalue weighted by Crippen LogP contribution is 2.29. The van der Waals surface area contributed by atoms with Crippen molar-refractivity contribution in [2.24, 2.45) is 5.92 Å². The number of methoxy groups -OCH3 is 1. The molecule has 1 rings (SSSR count). The summed E-state index contributed by atoms with van der Waals surface area (Å²) in [6.45, 7) is 5.08. The van der Waals surface area contributed by atoms with E-state index in [9.17, 15) is 0 Å². The maximum atomic E-state index is 5.78. The van der Waals surface area contributed by atoms with Crippen molar-refractivity contribution in [1.82, 2.24) is 0 Å². The van der Waals surface area contributed by atoms with Gasteiger partial charge < -0.3 is 9.47 Å². The van der Waals surface area contributed by atoms with E-state index in [0.29, 0.717) is 5.92 Å². The Labute approximate surface area is 106 Å². The second-order valence-corrected chi connectivity index (χ2v) is 4.50. The first-order valence-corrected chi connectivity index (χ1v) is 6.69. The highest BCUT2D eigenvalue weighted by atomic mass is 79.9. The van der Waals surface area contributed by atoms with Crippen molar-refractivity contribution in [2.75, 3.05) is 13.7 Å². The zero-order valence-corrected chi connectivity index (χ0v) is 11.7. The van der Waals surface area contributed by atoms with Crippen molar-refractivity contribution < 1.29 is 9.47 Å². The SMILES string of the molecule is CCC(C)COc1cc(CBr)ccc1OC. The van der Waals surface area contributed by atoms with Crippen LogP contribution in [0.4, 0.5) is 0 Å². The number of hydrogen-bond donors (Lipinski definition) is 0. The summed E-state index contributed by atoms with van der Waals surface area (Å²) >= 11 is 3.44. The third-order valence-corrected chi connectivity index (χ3v) is 3.25. The summed E-state index contributed by atoms with van der Waals surface area (Å²) < 4.78 is 11.0.